The summed E-state index contributed by atoms with van der Waals surface area (Å²) in [4.78, 5) is 25.7. The van der Waals surface area contributed by atoms with E-state index >= 15 is 0 Å². The van der Waals surface area contributed by atoms with Crippen LogP contribution in [0, 0.1) is 0 Å². The first-order chi connectivity index (χ1) is 12.2. The van der Waals surface area contributed by atoms with Crippen LogP contribution >= 0.6 is 0 Å². The Morgan fingerprint density at radius 2 is 1.76 bits per heavy atom. The van der Waals surface area contributed by atoms with Crippen LogP contribution in [0.15, 0.2) is 54.6 Å². The van der Waals surface area contributed by atoms with Crippen LogP contribution in [-0.4, -0.2) is 29.8 Å². The molecule has 1 aliphatic rings. The maximum Gasteiger partial charge on any atom is 0.251 e. The fourth-order valence-electron chi connectivity index (χ4n) is 3.09. The molecule has 0 atom stereocenters. The summed E-state index contributed by atoms with van der Waals surface area (Å²) in [7, 11) is 0. The van der Waals surface area contributed by atoms with Gasteiger partial charge < -0.3 is 10.2 Å². The van der Waals surface area contributed by atoms with Gasteiger partial charge in [-0.3, -0.25) is 9.59 Å². The lowest BCUT2D eigenvalue weighted by Gasteiger charge is -2.15. The third kappa shape index (κ3) is 4.92. The molecule has 130 valence electrons. The topological polar surface area (TPSA) is 49.4 Å². The van der Waals surface area contributed by atoms with Gasteiger partial charge in [0.2, 0.25) is 5.91 Å². The second-order valence-electron chi connectivity index (χ2n) is 6.46. The molecule has 2 amide bonds. The van der Waals surface area contributed by atoms with Crippen LogP contribution in [-0.2, 0) is 17.8 Å². The molecule has 2 aromatic carbocycles. The third-order valence-corrected chi connectivity index (χ3v) is 4.53. The van der Waals surface area contributed by atoms with Crippen LogP contribution in [0.5, 0.6) is 0 Å². The summed E-state index contributed by atoms with van der Waals surface area (Å²) >= 11 is 0. The summed E-state index contributed by atoms with van der Waals surface area (Å²) in [5, 5.41) is 2.97. The molecule has 0 spiro atoms. The minimum atomic E-state index is -0.0446. The Bertz CT molecular complexity index is 710. The SMILES string of the molecule is O=C(NCCCc1ccccc1)c1ccc(CN2CCCC2=O)cc1. The van der Waals surface area contributed by atoms with Crippen molar-refractivity contribution < 1.29 is 9.59 Å². The first kappa shape index (κ1) is 17.2. The molecule has 1 saturated heterocycles. The fourth-order valence-corrected chi connectivity index (χ4v) is 3.09. The Morgan fingerprint density at radius 3 is 2.44 bits per heavy atom. The standard InChI is InChI=1S/C21H24N2O2/c24-20-9-5-15-23(20)16-18-10-12-19(13-11-18)21(25)22-14-4-8-17-6-2-1-3-7-17/h1-3,6-7,10-13H,4-5,8-9,14-16H2,(H,22,25). The van der Waals surface area contributed by atoms with E-state index in [0.29, 0.717) is 25.1 Å². The number of hydrogen-bond donors (Lipinski definition) is 1. The average molecular weight is 336 g/mol. The highest BCUT2D eigenvalue weighted by Crippen LogP contribution is 2.14. The number of benzene rings is 2. The zero-order chi connectivity index (χ0) is 17.5. The van der Waals surface area contributed by atoms with Crippen LogP contribution in [0.1, 0.15) is 40.7 Å². The van der Waals surface area contributed by atoms with Gasteiger partial charge in [-0.1, -0.05) is 42.5 Å². The maximum absolute atomic E-state index is 12.2. The molecule has 0 saturated carbocycles. The highest BCUT2D eigenvalue weighted by molar-refractivity contribution is 5.94. The van der Waals surface area contributed by atoms with E-state index in [9.17, 15) is 9.59 Å². The molecular weight excluding hydrogens is 312 g/mol. The lowest BCUT2D eigenvalue weighted by molar-refractivity contribution is -0.128. The van der Waals surface area contributed by atoms with Crippen molar-refractivity contribution in [2.75, 3.05) is 13.1 Å². The molecule has 0 aliphatic carbocycles. The van der Waals surface area contributed by atoms with Gasteiger partial charge >= 0.3 is 0 Å². The largest absolute Gasteiger partial charge is 0.352 e. The highest BCUT2D eigenvalue weighted by Gasteiger charge is 2.19. The van der Waals surface area contributed by atoms with E-state index in [-0.39, 0.29) is 11.8 Å². The molecule has 1 heterocycles. The van der Waals surface area contributed by atoms with Crippen molar-refractivity contribution in [2.45, 2.75) is 32.2 Å². The minimum Gasteiger partial charge on any atom is -0.352 e. The van der Waals surface area contributed by atoms with Crippen molar-refractivity contribution in [3.8, 4) is 0 Å². The minimum absolute atomic E-state index is 0.0446. The van der Waals surface area contributed by atoms with Gasteiger partial charge in [0.25, 0.3) is 5.91 Å². The molecule has 1 fully saturated rings. The summed E-state index contributed by atoms with van der Waals surface area (Å²) in [5.41, 5.74) is 3.02. The summed E-state index contributed by atoms with van der Waals surface area (Å²) < 4.78 is 0. The number of hydrogen-bond acceptors (Lipinski definition) is 2. The number of rotatable bonds is 7. The van der Waals surface area contributed by atoms with Gasteiger partial charge in [0.05, 0.1) is 0 Å². The predicted octanol–water partition coefficient (Wildman–Crippen LogP) is 3.17. The van der Waals surface area contributed by atoms with Gasteiger partial charge in [-0.05, 0) is 42.5 Å². The van der Waals surface area contributed by atoms with E-state index in [0.717, 1.165) is 31.4 Å². The number of nitrogens with one attached hydrogen (secondary N) is 1. The van der Waals surface area contributed by atoms with Gasteiger partial charge in [0, 0.05) is 31.6 Å². The van der Waals surface area contributed by atoms with Gasteiger partial charge in [-0.2, -0.15) is 0 Å². The Balaban J connectivity index is 1.43. The Morgan fingerprint density at radius 1 is 1.00 bits per heavy atom. The van der Waals surface area contributed by atoms with Crippen LogP contribution in [0.4, 0.5) is 0 Å². The second-order valence-corrected chi connectivity index (χ2v) is 6.46. The van der Waals surface area contributed by atoms with E-state index in [1.807, 2.05) is 47.4 Å². The fraction of sp³-hybridized carbons (Fsp3) is 0.333. The number of aryl methyl sites for hydroxylation is 1. The molecule has 0 unspecified atom stereocenters. The first-order valence-electron chi connectivity index (χ1n) is 8.91. The number of carbonyl (C=O) groups is 2. The summed E-state index contributed by atoms with van der Waals surface area (Å²) in [6.07, 6.45) is 3.49. The highest BCUT2D eigenvalue weighted by atomic mass is 16.2. The molecule has 3 rings (SSSR count). The Kier molecular flexibility index (Phi) is 5.83. The third-order valence-electron chi connectivity index (χ3n) is 4.53. The number of likely N-dealkylation sites (tertiary alicyclic amines) is 1. The lowest BCUT2D eigenvalue weighted by atomic mass is 10.1. The Hall–Kier alpha value is -2.62. The lowest BCUT2D eigenvalue weighted by Crippen LogP contribution is -2.25. The first-order valence-corrected chi connectivity index (χ1v) is 8.91. The molecule has 0 radical (unpaired) electrons. The molecule has 1 aliphatic heterocycles. The average Bonchev–Trinajstić information content (AvgIpc) is 3.05. The van der Waals surface area contributed by atoms with Gasteiger partial charge in [-0.25, -0.2) is 0 Å². The molecule has 4 nitrogen and oxygen atoms in total. The van der Waals surface area contributed by atoms with Gasteiger partial charge in [-0.15, -0.1) is 0 Å². The molecule has 4 heteroatoms. The number of carbonyl (C=O) groups excluding carboxylic acids is 2. The normalized spacial score (nSPS) is 13.9. The summed E-state index contributed by atoms with van der Waals surface area (Å²) in [6.45, 7) is 2.14. The van der Waals surface area contributed by atoms with E-state index < -0.39 is 0 Å². The molecule has 0 aromatic heterocycles. The zero-order valence-electron chi connectivity index (χ0n) is 14.4. The molecule has 0 bridgehead atoms. The van der Waals surface area contributed by atoms with E-state index in [1.54, 1.807) is 0 Å². The predicted molar refractivity (Wildman–Crippen MR) is 98.2 cm³/mol. The monoisotopic (exact) mass is 336 g/mol. The van der Waals surface area contributed by atoms with Gasteiger partial charge in [0.15, 0.2) is 0 Å². The van der Waals surface area contributed by atoms with Crippen molar-refractivity contribution in [3.63, 3.8) is 0 Å². The number of nitrogens with zero attached hydrogens (tertiary/aromatic N) is 1. The molecule has 1 N–H and O–H groups in total. The number of amides is 2. The van der Waals surface area contributed by atoms with E-state index in [1.165, 1.54) is 5.56 Å². The smallest absolute Gasteiger partial charge is 0.251 e. The van der Waals surface area contributed by atoms with Crippen molar-refractivity contribution in [3.05, 3.63) is 71.3 Å². The zero-order valence-corrected chi connectivity index (χ0v) is 14.4. The molecule has 2 aromatic rings. The molecular formula is C21H24N2O2. The van der Waals surface area contributed by atoms with E-state index in [4.69, 9.17) is 0 Å². The van der Waals surface area contributed by atoms with Crippen molar-refractivity contribution >= 4 is 11.8 Å². The van der Waals surface area contributed by atoms with Crippen LogP contribution in [0.2, 0.25) is 0 Å². The summed E-state index contributed by atoms with van der Waals surface area (Å²) in [6, 6.07) is 17.8. The van der Waals surface area contributed by atoms with Gasteiger partial charge in [0.1, 0.15) is 0 Å². The van der Waals surface area contributed by atoms with E-state index in [2.05, 4.69) is 17.4 Å². The van der Waals surface area contributed by atoms with Crippen LogP contribution in [0.3, 0.4) is 0 Å². The second kappa shape index (κ2) is 8.47. The molecule has 25 heavy (non-hydrogen) atoms. The Labute approximate surface area is 148 Å². The van der Waals surface area contributed by atoms with Crippen molar-refractivity contribution in [2.24, 2.45) is 0 Å². The van der Waals surface area contributed by atoms with Crippen molar-refractivity contribution in [1.29, 1.82) is 0 Å². The van der Waals surface area contributed by atoms with Crippen LogP contribution < -0.4 is 5.32 Å². The quantitative estimate of drug-likeness (QED) is 0.790. The summed E-state index contributed by atoms with van der Waals surface area (Å²) in [5.74, 6) is 0.178. The van der Waals surface area contributed by atoms with Crippen LogP contribution in [0.25, 0.3) is 0 Å². The van der Waals surface area contributed by atoms with Crippen molar-refractivity contribution in [1.82, 2.24) is 10.2 Å². The maximum atomic E-state index is 12.2.